The molecule has 0 spiro atoms. The van der Waals surface area contributed by atoms with Crippen LogP contribution in [0.4, 0.5) is 4.39 Å². The van der Waals surface area contributed by atoms with Gasteiger partial charge < -0.3 is 5.11 Å². The summed E-state index contributed by atoms with van der Waals surface area (Å²) >= 11 is 1.33. The second kappa shape index (κ2) is 3.28. The summed E-state index contributed by atoms with van der Waals surface area (Å²) in [5.41, 5.74) is 0. The van der Waals surface area contributed by atoms with E-state index in [0.717, 1.165) is 10.9 Å². The molecular weight excluding hydrogens is 201 g/mol. The largest absolute Gasteiger partial charge is 0.507 e. The number of benzene rings is 1. The Bertz CT molecular complexity index is 527. The number of nitrogens with zero attached hydrogens (tertiary/aromatic N) is 1. The van der Waals surface area contributed by atoms with Gasteiger partial charge in [-0.15, -0.1) is 11.3 Å². The Balaban J connectivity index is 2.66. The van der Waals surface area contributed by atoms with Crippen LogP contribution >= 0.6 is 11.3 Å². The Hall–Kier alpha value is -1.60. The van der Waals surface area contributed by atoms with E-state index in [-0.39, 0.29) is 5.75 Å². The highest BCUT2D eigenvalue weighted by Crippen LogP contribution is 2.33. The quantitative estimate of drug-likeness (QED) is 0.781. The van der Waals surface area contributed by atoms with E-state index in [1.165, 1.54) is 17.4 Å². The number of rotatable bonds is 1. The smallest absolute Gasteiger partial charge is 0.128 e. The zero-order valence-electron chi connectivity index (χ0n) is 7.12. The van der Waals surface area contributed by atoms with Gasteiger partial charge in [0.25, 0.3) is 0 Å². The molecule has 2 aromatic rings. The summed E-state index contributed by atoms with van der Waals surface area (Å²) in [4.78, 5) is 0.836. The Kier molecular flexibility index (Phi) is 2.10. The summed E-state index contributed by atoms with van der Waals surface area (Å²) in [7, 11) is 0. The van der Waals surface area contributed by atoms with Gasteiger partial charge in [-0.25, -0.2) is 4.39 Å². The molecule has 0 radical (unpaired) electrons. The highest BCUT2D eigenvalue weighted by atomic mass is 32.1. The Morgan fingerprint density at radius 3 is 2.93 bits per heavy atom. The van der Waals surface area contributed by atoms with Crippen molar-refractivity contribution in [3.63, 3.8) is 0 Å². The Labute approximate surface area is 83.8 Å². The van der Waals surface area contributed by atoms with Crippen molar-refractivity contribution in [1.29, 1.82) is 5.26 Å². The number of hydrogen-bond donors (Lipinski definition) is 1. The van der Waals surface area contributed by atoms with E-state index in [9.17, 15) is 9.50 Å². The van der Waals surface area contributed by atoms with Gasteiger partial charge in [0, 0.05) is 21.0 Å². The third kappa shape index (κ3) is 1.42. The topological polar surface area (TPSA) is 44.0 Å². The first-order valence-electron chi connectivity index (χ1n) is 3.98. The highest BCUT2D eigenvalue weighted by Gasteiger charge is 2.07. The van der Waals surface area contributed by atoms with Crippen molar-refractivity contribution in [3.05, 3.63) is 28.9 Å². The highest BCUT2D eigenvalue weighted by molar-refractivity contribution is 7.19. The van der Waals surface area contributed by atoms with E-state index in [1.807, 2.05) is 6.07 Å². The molecule has 0 saturated carbocycles. The minimum absolute atomic E-state index is 0.0690. The summed E-state index contributed by atoms with van der Waals surface area (Å²) in [5.74, 6) is -0.527. The monoisotopic (exact) mass is 207 g/mol. The molecule has 0 aliphatic heterocycles. The van der Waals surface area contributed by atoms with Crippen LogP contribution in [-0.2, 0) is 6.42 Å². The summed E-state index contributed by atoms with van der Waals surface area (Å²) in [6, 6.07) is 6.17. The minimum Gasteiger partial charge on any atom is -0.507 e. The SMILES string of the molecule is N#CCc1cc2c(O)cc(F)cc2s1. The molecule has 4 heteroatoms. The predicted molar refractivity (Wildman–Crippen MR) is 52.8 cm³/mol. The van der Waals surface area contributed by atoms with Gasteiger partial charge in [0.15, 0.2) is 0 Å². The third-order valence-corrected chi connectivity index (χ3v) is 2.97. The van der Waals surface area contributed by atoms with Crippen LogP contribution in [0.15, 0.2) is 18.2 Å². The number of aromatic hydroxyl groups is 1. The lowest BCUT2D eigenvalue weighted by molar-refractivity contribution is 0.476. The first-order chi connectivity index (χ1) is 6.70. The maximum absolute atomic E-state index is 12.9. The van der Waals surface area contributed by atoms with Crippen molar-refractivity contribution in [2.75, 3.05) is 0 Å². The second-order valence-electron chi connectivity index (χ2n) is 2.88. The van der Waals surface area contributed by atoms with Crippen LogP contribution in [0.1, 0.15) is 4.88 Å². The molecular formula is C10H6FNOS. The van der Waals surface area contributed by atoms with Gasteiger partial charge in [0.2, 0.25) is 0 Å². The van der Waals surface area contributed by atoms with Crippen molar-refractivity contribution in [3.8, 4) is 11.8 Å². The number of halogens is 1. The van der Waals surface area contributed by atoms with Crippen LogP contribution in [0.25, 0.3) is 10.1 Å². The minimum atomic E-state index is -0.458. The van der Waals surface area contributed by atoms with Crippen molar-refractivity contribution in [2.24, 2.45) is 0 Å². The van der Waals surface area contributed by atoms with Gasteiger partial charge in [0.05, 0.1) is 12.5 Å². The molecule has 0 amide bonds. The molecule has 70 valence electrons. The van der Waals surface area contributed by atoms with Gasteiger partial charge in [-0.2, -0.15) is 5.26 Å². The van der Waals surface area contributed by atoms with Gasteiger partial charge in [-0.3, -0.25) is 0 Å². The molecule has 2 nitrogen and oxygen atoms in total. The van der Waals surface area contributed by atoms with Crippen molar-refractivity contribution in [1.82, 2.24) is 0 Å². The molecule has 2 rings (SSSR count). The molecule has 0 aliphatic carbocycles. The predicted octanol–water partition coefficient (Wildman–Crippen LogP) is 2.81. The lowest BCUT2D eigenvalue weighted by Gasteiger charge is -1.93. The zero-order valence-corrected chi connectivity index (χ0v) is 7.94. The first-order valence-corrected chi connectivity index (χ1v) is 4.80. The normalized spacial score (nSPS) is 10.3. The van der Waals surface area contributed by atoms with E-state index in [0.29, 0.717) is 16.5 Å². The maximum atomic E-state index is 12.9. The van der Waals surface area contributed by atoms with Crippen LogP contribution in [0, 0.1) is 17.1 Å². The number of hydrogen-bond acceptors (Lipinski definition) is 3. The van der Waals surface area contributed by atoms with Crippen molar-refractivity contribution in [2.45, 2.75) is 6.42 Å². The Morgan fingerprint density at radius 2 is 2.21 bits per heavy atom. The van der Waals surface area contributed by atoms with E-state index < -0.39 is 5.82 Å². The van der Waals surface area contributed by atoms with Crippen LogP contribution < -0.4 is 0 Å². The van der Waals surface area contributed by atoms with Gasteiger partial charge >= 0.3 is 0 Å². The van der Waals surface area contributed by atoms with Crippen LogP contribution in [0.3, 0.4) is 0 Å². The molecule has 1 aromatic carbocycles. The van der Waals surface area contributed by atoms with Crippen LogP contribution in [0.2, 0.25) is 0 Å². The molecule has 0 unspecified atom stereocenters. The average molecular weight is 207 g/mol. The molecule has 0 aliphatic rings. The molecule has 14 heavy (non-hydrogen) atoms. The first kappa shape index (κ1) is 8.97. The summed E-state index contributed by atoms with van der Waals surface area (Å²) in [6.45, 7) is 0. The average Bonchev–Trinajstić information content (AvgIpc) is 2.48. The van der Waals surface area contributed by atoms with Crippen LogP contribution in [-0.4, -0.2) is 5.11 Å². The number of fused-ring (bicyclic) bond motifs is 1. The number of nitriles is 1. The van der Waals surface area contributed by atoms with Crippen molar-refractivity contribution >= 4 is 21.4 Å². The molecule has 0 saturated heterocycles. The van der Waals surface area contributed by atoms with E-state index in [2.05, 4.69) is 0 Å². The van der Waals surface area contributed by atoms with Crippen LogP contribution in [0.5, 0.6) is 5.75 Å². The fourth-order valence-electron chi connectivity index (χ4n) is 1.31. The number of phenols is 1. The summed E-state index contributed by atoms with van der Waals surface area (Å²) < 4.78 is 13.5. The summed E-state index contributed by atoms with van der Waals surface area (Å²) in [5, 5.41) is 18.5. The lowest BCUT2D eigenvalue weighted by Crippen LogP contribution is -1.72. The summed E-state index contributed by atoms with van der Waals surface area (Å²) in [6.07, 6.45) is 0.292. The van der Waals surface area contributed by atoms with E-state index >= 15 is 0 Å². The second-order valence-corrected chi connectivity index (χ2v) is 4.05. The molecule has 0 atom stereocenters. The number of thiophene rings is 1. The molecule has 0 fully saturated rings. The van der Waals surface area contributed by atoms with Gasteiger partial charge in [0.1, 0.15) is 11.6 Å². The van der Waals surface area contributed by atoms with E-state index in [4.69, 9.17) is 5.26 Å². The van der Waals surface area contributed by atoms with Crippen molar-refractivity contribution < 1.29 is 9.50 Å². The Morgan fingerprint density at radius 1 is 1.43 bits per heavy atom. The van der Waals surface area contributed by atoms with E-state index in [1.54, 1.807) is 6.07 Å². The standard InChI is InChI=1S/C10H6FNOS/c11-6-3-9(13)8-5-7(1-2-12)14-10(8)4-6/h3-5,13H,1H2. The van der Waals surface area contributed by atoms with Gasteiger partial charge in [-0.1, -0.05) is 0 Å². The molecule has 0 bridgehead atoms. The zero-order chi connectivity index (χ0) is 10.1. The molecule has 1 aromatic heterocycles. The van der Waals surface area contributed by atoms with Gasteiger partial charge in [-0.05, 0) is 12.1 Å². The molecule has 1 N–H and O–H groups in total. The molecule has 1 heterocycles. The fraction of sp³-hybridized carbons (Fsp3) is 0.100. The fourth-order valence-corrected chi connectivity index (χ4v) is 2.35. The lowest BCUT2D eigenvalue weighted by atomic mass is 10.2. The third-order valence-electron chi connectivity index (χ3n) is 1.88. The maximum Gasteiger partial charge on any atom is 0.128 e. The number of phenolic OH excluding ortho intramolecular Hbond substituents is 1.